The minimum atomic E-state index is -1.05. The fourth-order valence-electron chi connectivity index (χ4n) is 1.31. The Morgan fingerprint density at radius 2 is 2.21 bits per heavy atom. The highest BCUT2D eigenvalue weighted by molar-refractivity contribution is 6.36. The van der Waals surface area contributed by atoms with E-state index in [-0.39, 0.29) is 6.61 Å². The molecule has 1 N–H and O–H groups in total. The van der Waals surface area contributed by atoms with Crippen LogP contribution in [0.2, 0.25) is 0 Å². The largest absolute Gasteiger partial charge is 0.493 e. The van der Waals surface area contributed by atoms with Crippen molar-refractivity contribution in [1.29, 1.82) is 0 Å². The third kappa shape index (κ3) is 4.85. The molecule has 0 aliphatic heterocycles. The number of hydrogen-bond acceptors (Lipinski definition) is 3. The van der Waals surface area contributed by atoms with Gasteiger partial charge in [0.2, 0.25) is 0 Å². The van der Waals surface area contributed by atoms with E-state index < -0.39 is 5.97 Å². The first-order valence-electron chi connectivity index (χ1n) is 5.24. The first kappa shape index (κ1) is 15.4. The van der Waals surface area contributed by atoms with Crippen LogP contribution in [0.5, 0.6) is 11.5 Å². The Kier molecular flexibility index (Phi) is 6.25. The van der Waals surface area contributed by atoms with Gasteiger partial charge in [0.1, 0.15) is 6.61 Å². The zero-order valence-electron chi connectivity index (χ0n) is 10.1. The van der Waals surface area contributed by atoms with Crippen LogP contribution < -0.4 is 9.47 Å². The molecule has 0 atom stereocenters. The molecule has 1 aromatic rings. The summed E-state index contributed by atoms with van der Waals surface area (Å²) in [6, 6.07) is 5.13. The van der Waals surface area contributed by atoms with Gasteiger partial charge in [0.25, 0.3) is 0 Å². The van der Waals surface area contributed by atoms with Crippen LogP contribution in [0.25, 0.3) is 6.08 Å². The van der Waals surface area contributed by atoms with Crippen molar-refractivity contribution in [2.45, 2.75) is 0 Å². The van der Waals surface area contributed by atoms with Crippen molar-refractivity contribution in [3.63, 3.8) is 0 Å². The van der Waals surface area contributed by atoms with E-state index >= 15 is 0 Å². The monoisotopic (exact) mass is 302 g/mol. The van der Waals surface area contributed by atoms with E-state index in [4.69, 9.17) is 37.8 Å². The quantitative estimate of drug-likeness (QED) is 0.817. The third-order valence-corrected chi connectivity index (χ3v) is 2.70. The first-order chi connectivity index (χ1) is 9.08. The second-order valence-electron chi connectivity index (χ2n) is 3.39. The molecule has 1 aromatic carbocycles. The second kappa shape index (κ2) is 7.71. The number of ether oxygens (including phenoxy) is 2. The number of carboxylic acids is 1. The van der Waals surface area contributed by atoms with Crippen LogP contribution in [0, 0.1) is 0 Å². The lowest BCUT2D eigenvalue weighted by Crippen LogP contribution is -2.01. The molecule has 0 heterocycles. The molecule has 0 saturated carbocycles. The van der Waals surface area contributed by atoms with Crippen molar-refractivity contribution >= 4 is 35.2 Å². The van der Waals surface area contributed by atoms with Gasteiger partial charge in [-0.15, -0.1) is 0 Å². The van der Waals surface area contributed by atoms with E-state index in [2.05, 4.69) is 0 Å². The molecule has 0 saturated heterocycles. The number of carbonyl (C=O) groups is 1. The van der Waals surface area contributed by atoms with Crippen molar-refractivity contribution < 1.29 is 19.4 Å². The van der Waals surface area contributed by atoms with Crippen molar-refractivity contribution in [3.8, 4) is 11.5 Å². The summed E-state index contributed by atoms with van der Waals surface area (Å²) >= 11 is 11.2. The van der Waals surface area contributed by atoms with Crippen LogP contribution >= 0.6 is 23.2 Å². The Bertz CT molecular complexity index is 509. The molecule has 0 spiro atoms. The zero-order chi connectivity index (χ0) is 14.3. The Balaban J connectivity index is 3.05. The number of hydrogen-bond donors (Lipinski definition) is 1. The average Bonchev–Trinajstić information content (AvgIpc) is 2.42. The van der Waals surface area contributed by atoms with Gasteiger partial charge in [-0.05, 0) is 12.1 Å². The molecule has 0 unspecified atom stereocenters. The van der Waals surface area contributed by atoms with Crippen LogP contribution in [-0.2, 0) is 4.79 Å². The fraction of sp³-hybridized carbons (Fsp3) is 0.154. The number of halogens is 2. The van der Waals surface area contributed by atoms with Crippen molar-refractivity contribution in [3.05, 3.63) is 40.4 Å². The maximum absolute atomic E-state index is 10.5. The van der Waals surface area contributed by atoms with E-state index in [1.807, 2.05) is 0 Å². The lowest BCUT2D eigenvalue weighted by atomic mass is 10.1. The second-order valence-corrected chi connectivity index (χ2v) is 4.10. The smallest absolute Gasteiger partial charge is 0.328 e. The minimum absolute atomic E-state index is 0.0688. The number of para-hydroxylation sites is 1. The Morgan fingerprint density at radius 3 is 2.79 bits per heavy atom. The van der Waals surface area contributed by atoms with Gasteiger partial charge in [0, 0.05) is 17.2 Å². The van der Waals surface area contributed by atoms with E-state index in [9.17, 15) is 4.79 Å². The molecule has 4 nitrogen and oxygen atoms in total. The molecule has 102 valence electrons. The van der Waals surface area contributed by atoms with Gasteiger partial charge in [-0.25, -0.2) is 4.79 Å². The molecule has 19 heavy (non-hydrogen) atoms. The van der Waals surface area contributed by atoms with Crippen molar-refractivity contribution in [2.75, 3.05) is 13.7 Å². The summed E-state index contributed by atoms with van der Waals surface area (Å²) in [6.45, 7) is 0.0688. The highest BCUT2D eigenvalue weighted by atomic mass is 35.5. The van der Waals surface area contributed by atoms with Crippen LogP contribution in [-0.4, -0.2) is 24.8 Å². The number of carboxylic acid groups (broad SMARTS) is 1. The van der Waals surface area contributed by atoms with Gasteiger partial charge in [0.15, 0.2) is 11.5 Å². The molecule has 0 aliphatic rings. The van der Waals surface area contributed by atoms with Crippen molar-refractivity contribution in [2.24, 2.45) is 0 Å². The van der Waals surface area contributed by atoms with Gasteiger partial charge < -0.3 is 14.6 Å². The maximum atomic E-state index is 10.5. The van der Waals surface area contributed by atoms with E-state index in [1.165, 1.54) is 18.7 Å². The molecular weight excluding hydrogens is 291 g/mol. The molecule has 0 aliphatic carbocycles. The summed E-state index contributed by atoms with van der Waals surface area (Å²) < 4.78 is 10.6. The first-order valence-corrected chi connectivity index (χ1v) is 6.05. The third-order valence-electron chi connectivity index (χ3n) is 2.11. The maximum Gasteiger partial charge on any atom is 0.328 e. The van der Waals surface area contributed by atoms with Crippen LogP contribution in [0.15, 0.2) is 34.8 Å². The summed E-state index contributed by atoms with van der Waals surface area (Å²) in [5.74, 6) is -0.168. The molecule has 0 amide bonds. The van der Waals surface area contributed by atoms with Crippen LogP contribution in [0.3, 0.4) is 0 Å². The average molecular weight is 303 g/mol. The van der Waals surface area contributed by atoms with Gasteiger partial charge in [-0.2, -0.15) is 0 Å². The lowest BCUT2D eigenvalue weighted by Gasteiger charge is -2.12. The highest BCUT2D eigenvalue weighted by Gasteiger charge is 2.09. The van der Waals surface area contributed by atoms with Gasteiger partial charge in [-0.3, -0.25) is 0 Å². The van der Waals surface area contributed by atoms with Gasteiger partial charge in [0.05, 0.1) is 12.1 Å². The zero-order valence-corrected chi connectivity index (χ0v) is 11.6. The van der Waals surface area contributed by atoms with E-state index in [1.54, 1.807) is 18.2 Å². The Morgan fingerprint density at radius 1 is 1.47 bits per heavy atom. The molecule has 0 fully saturated rings. The molecule has 6 heteroatoms. The lowest BCUT2D eigenvalue weighted by molar-refractivity contribution is -0.131. The predicted molar refractivity (Wildman–Crippen MR) is 74.9 cm³/mol. The minimum Gasteiger partial charge on any atom is -0.493 e. The highest BCUT2D eigenvalue weighted by Crippen LogP contribution is 2.32. The van der Waals surface area contributed by atoms with E-state index in [0.29, 0.717) is 22.1 Å². The summed E-state index contributed by atoms with van der Waals surface area (Å²) in [5, 5.41) is 8.96. The Hall–Kier alpha value is -1.65. The summed E-state index contributed by atoms with van der Waals surface area (Å²) in [4.78, 5) is 10.5. The van der Waals surface area contributed by atoms with Crippen LogP contribution in [0.1, 0.15) is 5.56 Å². The number of methoxy groups -OCH3 is 1. The van der Waals surface area contributed by atoms with E-state index in [0.717, 1.165) is 6.08 Å². The molecule has 1 rings (SSSR count). The Labute approximate surface area is 120 Å². The molecular formula is C13H12Cl2O4. The number of rotatable bonds is 6. The fourth-order valence-corrected chi connectivity index (χ4v) is 1.43. The standard InChI is InChI=1S/C13H12Cl2O4/c1-18-11-4-2-3-9(5-6-12(16)17)13(11)19-8-10(15)7-14/h2-7H,8H2,1H3,(H,16,17). The number of aliphatic carboxylic acids is 1. The van der Waals surface area contributed by atoms with Crippen molar-refractivity contribution in [1.82, 2.24) is 0 Å². The molecule has 0 aromatic heterocycles. The summed E-state index contributed by atoms with van der Waals surface area (Å²) in [5.41, 5.74) is 1.77. The predicted octanol–water partition coefficient (Wildman–Crippen LogP) is 3.49. The van der Waals surface area contributed by atoms with Gasteiger partial charge >= 0.3 is 5.97 Å². The summed E-state index contributed by atoms with van der Waals surface area (Å²) in [7, 11) is 1.49. The number of benzene rings is 1. The molecule has 0 bridgehead atoms. The van der Waals surface area contributed by atoms with Gasteiger partial charge in [-0.1, -0.05) is 35.3 Å². The topological polar surface area (TPSA) is 55.8 Å². The SMILES string of the molecule is COc1cccc(C=CC(=O)O)c1OCC(Cl)=CCl. The normalized spacial score (nSPS) is 11.6. The molecule has 0 radical (unpaired) electrons. The van der Waals surface area contributed by atoms with Crippen LogP contribution in [0.4, 0.5) is 0 Å². The summed E-state index contributed by atoms with van der Waals surface area (Å²) in [6.07, 6.45) is 2.43.